The molecule has 0 spiro atoms. The molecule has 0 saturated heterocycles. The Morgan fingerprint density at radius 1 is 0.760 bits per heavy atom. The number of allylic oxidation sites excluding steroid dienone is 1. The van der Waals surface area contributed by atoms with Crippen LogP contribution >= 0.6 is 0 Å². The summed E-state index contributed by atoms with van der Waals surface area (Å²) in [4.78, 5) is 13.3. The molecule has 0 bridgehead atoms. The first-order valence-electron chi connectivity index (χ1n) is 9.42. The largest absolute Gasteiger partial charge is 0.444 e. The highest BCUT2D eigenvalue weighted by atomic mass is 16.6. The molecule has 2 N–H and O–H groups in total. The number of nitrogens with two attached hydrogens (primary N) is 1. The molecule has 0 saturated carbocycles. The van der Waals surface area contributed by atoms with Gasteiger partial charge in [0.2, 0.25) is 0 Å². The molecular formula is C22H43NO2. The normalized spacial score (nSPS) is 15.2. The van der Waals surface area contributed by atoms with E-state index < -0.39 is 6.23 Å². The number of carbonyl (C=O) groups excluding carboxylic acids is 1. The van der Waals surface area contributed by atoms with Crippen LogP contribution in [0.1, 0.15) is 90.0 Å². The first kappa shape index (κ1) is 24.2. The first-order chi connectivity index (χ1) is 10.7. The van der Waals surface area contributed by atoms with Crippen molar-refractivity contribution in [2.24, 2.45) is 33.3 Å². The fourth-order valence-electron chi connectivity index (χ4n) is 4.69. The van der Waals surface area contributed by atoms with Gasteiger partial charge in [-0.25, -0.2) is 4.79 Å². The summed E-state index contributed by atoms with van der Waals surface area (Å²) in [5, 5.41) is 0. The van der Waals surface area contributed by atoms with Gasteiger partial charge in [-0.3, -0.25) is 5.73 Å². The van der Waals surface area contributed by atoms with Crippen LogP contribution in [0, 0.1) is 27.6 Å². The predicted octanol–water partition coefficient (Wildman–Crippen LogP) is 5.93. The second-order valence-electron chi connectivity index (χ2n) is 11.6. The van der Waals surface area contributed by atoms with Crippen LogP contribution in [-0.4, -0.2) is 12.2 Å². The molecule has 0 aromatic rings. The number of carbonyl (C=O) groups is 1. The van der Waals surface area contributed by atoms with Crippen molar-refractivity contribution in [1.82, 2.24) is 0 Å². The summed E-state index contributed by atoms with van der Waals surface area (Å²) in [7, 11) is 0. The van der Waals surface area contributed by atoms with Gasteiger partial charge in [0.05, 0.1) is 0 Å². The number of hydrogen-bond acceptors (Lipinski definition) is 3. The number of esters is 1. The molecule has 0 amide bonds. The van der Waals surface area contributed by atoms with Crippen LogP contribution in [0.2, 0.25) is 0 Å². The summed E-state index contributed by atoms with van der Waals surface area (Å²) >= 11 is 0. The van der Waals surface area contributed by atoms with E-state index in [1.165, 1.54) is 0 Å². The maximum Gasteiger partial charge on any atom is 0.335 e. The van der Waals surface area contributed by atoms with Crippen LogP contribution in [0.3, 0.4) is 0 Å². The van der Waals surface area contributed by atoms with Crippen molar-refractivity contribution in [3.63, 3.8) is 0 Å². The Morgan fingerprint density at radius 3 is 1.28 bits per heavy atom. The van der Waals surface area contributed by atoms with Crippen LogP contribution in [0.25, 0.3) is 0 Å². The zero-order valence-electron chi connectivity index (χ0n) is 19.0. The Morgan fingerprint density at radius 2 is 1.08 bits per heavy atom. The van der Waals surface area contributed by atoms with Gasteiger partial charge in [-0.1, -0.05) is 83.1 Å². The van der Waals surface area contributed by atoms with Crippen molar-refractivity contribution in [1.29, 1.82) is 0 Å². The van der Waals surface area contributed by atoms with E-state index in [0.29, 0.717) is 0 Å². The molecule has 1 unspecified atom stereocenters. The van der Waals surface area contributed by atoms with Crippen LogP contribution in [0.4, 0.5) is 0 Å². The molecule has 1 atom stereocenters. The molecule has 25 heavy (non-hydrogen) atoms. The van der Waals surface area contributed by atoms with Gasteiger partial charge >= 0.3 is 5.97 Å². The third kappa shape index (κ3) is 6.77. The van der Waals surface area contributed by atoms with Crippen molar-refractivity contribution in [2.45, 2.75) is 96.2 Å². The van der Waals surface area contributed by atoms with E-state index in [1.807, 2.05) is 0 Å². The maximum atomic E-state index is 13.3. The minimum absolute atomic E-state index is 0.0414. The van der Waals surface area contributed by atoms with Gasteiger partial charge in [0.1, 0.15) is 6.23 Å². The molecule has 0 aliphatic carbocycles. The molecule has 0 aromatic heterocycles. The molecule has 0 radical (unpaired) electrons. The molecule has 0 aliphatic heterocycles. The fourth-order valence-corrected chi connectivity index (χ4v) is 4.69. The number of ether oxygens (including phenoxy) is 1. The van der Waals surface area contributed by atoms with E-state index in [-0.39, 0.29) is 33.5 Å². The van der Waals surface area contributed by atoms with Crippen LogP contribution < -0.4 is 5.73 Å². The SMILES string of the molecule is CC(N)OC(=O)C(=C(C(C)(C)C)C(C)(C)C)C(C(C)(C)C)C(C)(C)C. The molecular weight excluding hydrogens is 310 g/mol. The second kappa shape index (κ2) is 7.42. The quantitative estimate of drug-likeness (QED) is 0.388. The smallest absolute Gasteiger partial charge is 0.335 e. The first-order valence-corrected chi connectivity index (χ1v) is 9.42. The molecule has 0 aromatic carbocycles. The summed E-state index contributed by atoms with van der Waals surface area (Å²) < 4.78 is 5.54. The highest BCUT2D eigenvalue weighted by Crippen LogP contribution is 2.51. The fraction of sp³-hybridized carbons (Fsp3) is 0.864. The standard InChI is InChI=1S/C22H43NO2/c1-14(23)25-18(24)15(16(19(2,3)4)20(5,6)7)17(21(8,9)10)22(11,12)13/h14,16H,23H2,1-13H3. The molecule has 3 heteroatoms. The van der Waals surface area contributed by atoms with Gasteiger partial charge in [-0.05, 0) is 34.2 Å². The summed E-state index contributed by atoms with van der Waals surface area (Å²) in [6.07, 6.45) is -0.621. The molecule has 0 fully saturated rings. The monoisotopic (exact) mass is 353 g/mol. The van der Waals surface area contributed by atoms with Crippen molar-refractivity contribution in [2.75, 3.05) is 0 Å². The van der Waals surface area contributed by atoms with Gasteiger partial charge < -0.3 is 4.74 Å². The summed E-state index contributed by atoms with van der Waals surface area (Å²) in [6, 6.07) is 0. The average molecular weight is 354 g/mol. The summed E-state index contributed by atoms with van der Waals surface area (Å²) in [5.41, 5.74) is 7.27. The van der Waals surface area contributed by atoms with Crippen LogP contribution in [0.5, 0.6) is 0 Å². The molecule has 0 heterocycles. The number of hydrogen-bond donors (Lipinski definition) is 1. The van der Waals surface area contributed by atoms with Gasteiger partial charge in [0, 0.05) is 11.5 Å². The van der Waals surface area contributed by atoms with E-state index >= 15 is 0 Å². The topological polar surface area (TPSA) is 52.3 Å². The molecule has 148 valence electrons. The minimum Gasteiger partial charge on any atom is -0.444 e. The van der Waals surface area contributed by atoms with Crippen molar-refractivity contribution >= 4 is 5.97 Å². The third-order valence-corrected chi connectivity index (χ3v) is 4.30. The highest BCUT2D eigenvalue weighted by molar-refractivity contribution is 5.91. The lowest BCUT2D eigenvalue weighted by atomic mass is 9.58. The average Bonchev–Trinajstić information content (AvgIpc) is 2.18. The lowest BCUT2D eigenvalue weighted by Gasteiger charge is -2.46. The number of rotatable bonds is 3. The second-order valence-corrected chi connectivity index (χ2v) is 11.6. The van der Waals surface area contributed by atoms with E-state index in [0.717, 1.165) is 11.1 Å². The van der Waals surface area contributed by atoms with Crippen molar-refractivity contribution < 1.29 is 9.53 Å². The highest BCUT2D eigenvalue weighted by Gasteiger charge is 2.45. The Kier molecular flexibility index (Phi) is 7.18. The summed E-state index contributed by atoms with van der Waals surface area (Å²) in [6.45, 7) is 28.0. The Hall–Kier alpha value is -0.830. The lowest BCUT2D eigenvalue weighted by molar-refractivity contribution is -0.145. The zero-order valence-corrected chi connectivity index (χ0v) is 19.0. The van der Waals surface area contributed by atoms with E-state index in [1.54, 1.807) is 6.92 Å². The summed E-state index contributed by atoms with van der Waals surface area (Å²) in [5.74, 6) is -0.232. The Labute approximate surface area is 156 Å². The van der Waals surface area contributed by atoms with E-state index in [2.05, 4.69) is 83.1 Å². The van der Waals surface area contributed by atoms with Crippen molar-refractivity contribution in [3.05, 3.63) is 11.1 Å². The van der Waals surface area contributed by atoms with E-state index in [9.17, 15) is 4.79 Å². The van der Waals surface area contributed by atoms with Gasteiger partial charge in [0.15, 0.2) is 0 Å². The van der Waals surface area contributed by atoms with Crippen LogP contribution in [0.15, 0.2) is 11.1 Å². The van der Waals surface area contributed by atoms with E-state index in [4.69, 9.17) is 10.5 Å². The van der Waals surface area contributed by atoms with Crippen LogP contribution in [-0.2, 0) is 9.53 Å². The molecule has 0 rings (SSSR count). The van der Waals surface area contributed by atoms with Gasteiger partial charge in [0.25, 0.3) is 0 Å². The Balaban J connectivity index is 7.04. The van der Waals surface area contributed by atoms with Crippen molar-refractivity contribution in [3.8, 4) is 0 Å². The van der Waals surface area contributed by atoms with Gasteiger partial charge in [-0.15, -0.1) is 0 Å². The zero-order chi connectivity index (χ0) is 20.6. The lowest BCUT2D eigenvalue weighted by Crippen LogP contribution is -2.41. The Bertz CT molecular complexity index is 470. The third-order valence-electron chi connectivity index (χ3n) is 4.30. The minimum atomic E-state index is -0.621. The molecule has 3 nitrogen and oxygen atoms in total. The molecule has 0 aliphatic rings. The van der Waals surface area contributed by atoms with Gasteiger partial charge in [-0.2, -0.15) is 0 Å². The maximum absolute atomic E-state index is 13.3. The predicted molar refractivity (Wildman–Crippen MR) is 108 cm³/mol.